The number of benzene rings is 3. The van der Waals surface area contributed by atoms with Gasteiger partial charge in [-0.05, 0) is 61.0 Å². The number of nitrogens with zero attached hydrogens (tertiary/aromatic N) is 1. The van der Waals surface area contributed by atoms with E-state index in [1.54, 1.807) is 43.3 Å². The first-order valence-corrected chi connectivity index (χ1v) is 10.6. The molecule has 7 nitrogen and oxygen atoms in total. The van der Waals surface area contributed by atoms with Crippen LogP contribution in [0, 0.1) is 0 Å². The average Bonchev–Trinajstić information content (AvgIpc) is 2.82. The lowest BCUT2D eigenvalue weighted by atomic mass is 10.1. The van der Waals surface area contributed by atoms with Gasteiger partial charge in [-0.2, -0.15) is 5.10 Å². The van der Waals surface area contributed by atoms with Crippen LogP contribution in [0.4, 0.5) is 5.69 Å². The molecule has 0 aliphatic rings. The first-order chi connectivity index (χ1) is 15.9. The van der Waals surface area contributed by atoms with E-state index in [1.807, 2.05) is 24.3 Å². The quantitative estimate of drug-likeness (QED) is 0.278. The molecule has 0 fully saturated rings. The maximum atomic E-state index is 12.2. The highest BCUT2D eigenvalue weighted by molar-refractivity contribution is 6.40. The van der Waals surface area contributed by atoms with E-state index < -0.39 is 11.8 Å². The summed E-state index contributed by atoms with van der Waals surface area (Å²) in [7, 11) is 1.44. The molecule has 0 unspecified atom stereocenters. The van der Waals surface area contributed by atoms with E-state index in [0.717, 1.165) is 11.1 Å². The summed E-state index contributed by atoms with van der Waals surface area (Å²) >= 11 is 12.1. The number of methoxy groups -OCH3 is 1. The van der Waals surface area contributed by atoms with Crippen molar-refractivity contribution in [2.75, 3.05) is 12.4 Å². The van der Waals surface area contributed by atoms with Crippen molar-refractivity contribution in [3.8, 4) is 11.5 Å². The second-order valence-electron chi connectivity index (χ2n) is 6.84. The van der Waals surface area contributed by atoms with Gasteiger partial charge >= 0.3 is 11.8 Å². The molecule has 3 aromatic rings. The first kappa shape index (κ1) is 24.1. The first-order valence-electron chi connectivity index (χ1n) is 9.83. The minimum absolute atomic E-state index is 0.276. The number of carbonyl (C=O) groups is 2. The minimum atomic E-state index is -0.934. The predicted octanol–water partition coefficient (Wildman–Crippen LogP) is 5.06. The van der Waals surface area contributed by atoms with Gasteiger partial charge in [0.05, 0.1) is 18.5 Å². The van der Waals surface area contributed by atoms with Crippen molar-refractivity contribution in [3.05, 3.63) is 87.9 Å². The van der Waals surface area contributed by atoms with E-state index in [-0.39, 0.29) is 5.69 Å². The van der Waals surface area contributed by atoms with Crippen LogP contribution in [0.5, 0.6) is 11.5 Å². The topological polar surface area (TPSA) is 89.0 Å². The van der Waals surface area contributed by atoms with Crippen LogP contribution < -0.4 is 20.2 Å². The molecule has 0 bridgehead atoms. The number of hydrogen-bond donors (Lipinski definition) is 2. The molecule has 0 saturated heterocycles. The third-order valence-corrected chi connectivity index (χ3v) is 5.17. The minimum Gasteiger partial charge on any atom is -0.495 e. The lowest BCUT2D eigenvalue weighted by Crippen LogP contribution is -2.33. The van der Waals surface area contributed by atoms with Gasteiger partial charge in [-0.15, -0.1) is 0 Å². The average molecular weight is 486 g/mol. The number of hydrazone groups is 1. The fourth-order valence-corrected chi connectivity index (χ4v) is 3.14. The molecular formula is C24H21Cl2N3O4. The molecule has 2 N–H and O–H groups in total. The molecule has 0 atom stereocenters. The fourth-order valence-electron chi connectivity index (χ4n) is 2.78. The molecule has 2 amide bonds. The molecule has 0 heterocycles. The van der Waals surface area contributed by atoms with Crippen molar-refractivity contribution < 1.29 is 19.1 Å². The molecule has 33 heavy (non-hydrogen) atoms. The highest BCUT2D eigenvalue weighted by Crippen LogP contribution is 2.27. The van der Waals surface area contributed by atoms with Crippen molar-refractivity contribution in [2.24, 2.45) is 5.10 Å². The molecule has 170 valence electrons. The highest BCUT2D eigenvalue weighted by atomic mass is 35.5. The molecule has 0 aromatic heterocycles. The van der Waals surface area contributed by atoms with E-state index >= 15 is 0 Å². The van der Waals surface area contributed by atoms with Crippen LogP contribution in [0.3, 0.4) is 0 Å². The summed E-state index contributed by atoms with van der Waals surface area (Å²) in [4.78, 5) is 24.3. The van der Waals surface area contributed by atoms with Crippen molar-refractivity contribution in [1.82, 2.24) is 5.43 Å². The summed E-state index contributed by atoms with van der Waals surface area (Å²) in [6, 6.07) is 19.3. The third kappa shape index (κ3) is 6.71. The number of rotatable bonds is 7. The van der Waals surface area contributed by atoms with Gasteiger partial charge < -0.3 is 14.8 Å². The van der Waals surface area contributed by atoms with E-state index in [9.17, 15) is 9.59 Å². The fraction of sp³-hybridized carbons (Fsp3) is 0.125. The van der Waals surface area contributed by atoms with Crippen molar-refractivity contribution in [2.45, 2.75) is 13.5 Å². The van der Waals surface area contributed by atoms with Crippen LogP contribution in [0.15, 0.2) is 71.8 Å². The van der Waals surface area contributed by atoms with E-state index in [2.05, 4.69) is 15.8 Å². The Labute approximate surface area is 201 Å². The van der Waals surface area contributed by atoms with Crippen molar-refractivity contribution in [3.63, 3.8) is 0 Å². The van der Waals surface area contributed by atoms with Crippen molar-refractivity contribution in [1.29, 1.82) is 0 Å². The van der Waals surface area contributed by atoms with Gasteiger partial charge in [0, 0.05) is 15.6 Å². The number of anilines is 1. The van der Waals surface area contributed by atoms with Gasteiger partial charge in [0.15, 0.2) is 0 Å². The SMILES string of the molecule is COc1ccc(Cl)cc1NC(=O)C(=O)NN=C(C)c1ccc(OCc2ccccc2Cl)cc1. The van der Waals surface area contributed by atoms with Gasteiger partial charge in [0.25, 0.3) is 0 Å². The van der Waals surface area contributed by atoms with Gasteiger partial charge in [0.1, 0.15) is 18.1 Å². The zero-order valence-corrected chi connectivity index (χ0v) is 19.4. The number of nitrogens with one attached hydrogen (secondary N) is 2. The van der Waals surface area contributed by atoms with Crippen LogP contribution in [-0.2, 0) is 16.2 Å². The van der Waals surface area contributed by atoms with Gasteiger partial charge in [-0.1, -0.05) is 41.4 Å². The van der Waals surface area contributed by atoms with Crippen LogP contribution in [0.25, 0.3) is 0 Å². The summed E-state index contributed by atoms with van der Waals surface area (Å²) in [6.07, 6.45) is 0. The second kappa shape index (κ2) is 11.4. The number of carbonyl (C=O) groups excluding carboxylic acids is 2. The third-order valence-electron chi connectivity index (χ3n) is 4.57. The predicted molar refractivity (Wildman–Crippen MR) is 129 cm³/mol. The summed E-state index contributed by atoms with van der Waals surface area (Å²) < 4.78 is 10.9. The van der Waals surface area contributed by atoms with Gasteiger partial charge in [-0.3, -0.25) is 9.59 Å². The molecule has 0 saturated carbocycles. The Morgan fingerprint density at radius 2 is 1.70 bits per heavy atom. The number of halogens is 2. The number of hydrogen-bond acceptors (Lipinski definition) is 5. The van der Waals surface area contributed by atoms with Gasteiger partial charge in [-0.25, -0.2) is 5.43 Å². The lowest BCUT2D eigenvalue weighted by Gasteiger charge is -2.10. The molecule has 0 radical (unpaired) electrons. The normalized spacial score (nSPS) is 11.0. The summed E-state index contributed by atoms with van der Waals surface area (Å²) in [6.45, 7) is 2.05. The largest absolute Gasteiger partial charge is 0.495 e. The van der Waals surface area contributed by atoms with E-state index in [1.165, 1.54) is 13.2 Å². The van der Waals surface area contributed by atoms with E-state index in [0.29, 0.717) is 33.9 Å². The molecule has 9 heteroatoms. The Balaban J connectivity index is 1.56. The Bertz CT molecular complexity index is 1180. The maximum absolute atomic E-state index is 12.2. The van der Waals surface area contributed by atoms with Crippen LogP contribution in [0.2, 0.25) is 10.0 Å². The second-order valence-corrected chi connectivity index (χ2v) is 7.68. The molecule has 0 aliphatic carbocycles. The Hall–Kier alpha value is -3.55. The Morgan fingerprint density at radius 1 is 0.970 bits per heavy atom. The monoisotopic (exact) mass is 485 g/mol. The maximum Gasteiger partial charge on any atom is 0.329 e. The van der Waals surface area contributed by atoms with Gasteiger partial charge in [0.2, 0.25) is 0 Å². The molecule has 3 aromatic carbocycles. The highest BCUT2D eigenvalue weighted by Gasteiger charge is 2.16. The molecule has 3 rings (SSSR count). The number of amides is 2. The number of ether oxygens (including phenoxy) is 2. The van der Waals surface area contributed by atoms with E-state index in [4.69, 9.17) is 32.7 Å². The summed E-state index contributed by atoms with van der Waals surface area (Å²) in [5.74, 6) is -0.811. The zero-order valence-electron chi connectivity index (χ0n) is 17.9. The Morgan fingerprint density at radius 3 is 2.39 bits per heavy atom. The van der Waals surface area contributed by atoms with Crippen molar-refractivity contribution >= 4 is 46.4 Å². The van der Waals surface area contributed by atoms with Crippen LogP contribution in [0.1, 0.15) is 18.1 Å². The lowest BCUT2D eigenvalue weighted by molar-refractivity contribution is -0.136. The summed E-state index contributed by atoms with van der Waals surface area (Å²) in [5, 5.41) is 7.47. The molecular weight excluding hydrogens is 465 g/mol. The zero-order chi connectivity index (χ0) is 23.8. The molecule has 0 aliphatic heterocycles. The smallest absolute Gasteiger partial charge is 0.329 e. The summed E-state index contributed by atoms with van der Waals surface area (Å²) in [5.41, 5.74) is 4.66. The Kier molecular flexibility index (Phi) is 8.29. The van der Waals surface area contributed by atoms with Crippen LogP contribution >= 0.6 is 23.2 Å². The molecule has 0 spiro atoms. The standard InChI is InChI=1S/C24H21Cl2N3O4/c1-15(16-7-10-19(11-8-16)33-14-17-5-3-4-6-20(17)26)28-29-24(31)23(30)27-21-13-18(25)9-12-22(21)32-2/h3-13H,14H2,1-2H3,(H,27,30)(H,29,31). The van der Waals surface area contributed by atoms with Crippen LogP contribution in [-0.4, -0.2) is 24.6 Å².